The fraction of sp³-hybridized carbons (Fsp3) is 0.583. The predicted octanol–water partition coefficient (Wildman–Crippen LogP) is 2.09. The molecule has 0 unspecified atom stereocenters. The van der Waals surface area contributed by atoms with Gasteiger partial charge in [-0.1, -0.05) is 5.21 Å². The number of thiazole rings is 1. The molecule has 0 radical (unpaired) electrons. The number of hydrogen-bond acceptors (Lipinski definition) is 5. The Kier molecular flexibility index (Phi) is 3.77. The quantitative estimate of drug-likeness (QED) is 0.919. The highest BCUT2D eigenvalue weighted by atomic mass is 32.1. The van der Waals surface area contributed by atoms with E-state index in [4.69, 9.17) is 0 Å². The number of aromatic nitrogens is 4. The van der Waals surface area contributed by atoms with E-state index < -0.39 is 0 Å². The number of aryl methyl sites for hydroxylation is 1. The minimum Gasteiger partial charge on any atom is -0.305 e. The standard InChI is InChI=1S/C12H19N5S/c1-9-14-11(8-18-9)6-13-5-10-7-17(16-15-10)12(2,3)4/h7-8,13H,5-6H2,1-4H3. The van der Waals surface area contributed by atoms with Crippen LogP contribution in [0, 0.1) is 6.92 Å². The molecule has 0 saturated carbocycles. The van der Waals surface area contributed by atoms with Crippen LogP contribution in [0.1, 0.15) is 37.2 Å². The van der Waals surface area contributed by atoms with E-state index in [1.165, 1.54) is 0 Å². The maximum Gasteiger partial charge on any atom is 0.0965 e. The summed E-state index contributed by atoms with van der Waals surface area (Å²) in [5.74, 6) is 0. The summed E-state index contributed by atoms with van der Waals surface area (Å²) in [5.41, 5.74) is 2.02. The van der Waals surface area contributed by atoms with Crippen molar-refractivity contribution in [1.29, 1.82) is 0 Å². The highest BCUT2D eigenvalue weighted by molar-refractivity contribution is 7.09. The van der Waals surface area contributed by atoms with Gasteiger partial charge < -0.3 is 5.32 Å². The summed E-state index contributed by atoms with van der Waals surface area (Å²) in [4.78, 5) is 4.40. The van der Waals surface area contributed by atoms with Crippen LogP contribution in [0.5, 0.6) is 0 Å². The number of rotatable bonds is 4. The van der Waals surface area contributed by atoms with Crippen LogP contribution < -0.4 is 5.32 Å². The minimum absolute atomic E-state index is 0.0166. The third-order valence-electron chi connectivity index (χ3n) is 2.51. The van der Waals surface area contributed by atoms with Crippen LogP contribution in [0.25, 0.3) is 0 Å². The van der Waals surface area contributed by atoms with Crippen LogP contribution in [0.2, 0.25) is 0 Å². The molecule has 18 heavy (non-hydrogen) atoms. The average Bonchev–Trinajstić information content (AvgIpc) is 2.87. The van der Waals surface area contributed by atoms with E-state index in [1.807, 2.05) is 17.8 Å². The monoisotopic (exact) mass is 265 g/mol. The molecule has 0 saturated heterocycles. The summed E-state index contributed by atoms with van der Waals surface area (Å²) in [6.07, 6.45) is 1.99. The van der Waals surface area contributed by atoms with E-state index in [2.05, 4.69) is 46.8 Å². The molecule has 5 nitrogen and oxygen atoms in total. The fourth-order valence-corrected chi connectivity index (χ4v) is 2.13. The molecule has 98 valence electrons. The largest absolute Gasteiger partial charge is 0.305 e. The van der Waals surface area contributed by atoms with Crippen molar-refractivity contribution >= 4 is 11.3 Å². The van der Waals surface area contributed by atoms with Gasteiger partial charge in [0.2, 0.25) is 0 Å². The van der Waals surface area contributed by atoms with Crippen molar-refractivity contribution in [2.24, 2.45) is 0 Å². The summed E-state index contributed by atoms with van der Waals surface area (Å²) >= 11 is 1.67. The lowest BCUT2D eigenvalue weighted by atomic mass is 10.1. The topological polar surface area (TPSA) is 55.6 Å². The molecule has 0 aliphatic rings. The molecular formula is C12H19N5S. The summed E-state index contributed by atoms with van der Waals surface area (Å²) < 4.78 is 1.89. The van der Waals surface area contributed by atoms with Crippen LogP contribution in [0.4, 0.5) is 0 Å². The summed E-state index contributed by atoms with van der Waals surface area (Å²) in [5, 5.41) is 14.8. The zero-order valence-electron chi connectivity index (χ0n) is 11.3. The zero-order chi connectivity index (χ0) is 13.2. The molecule has 0 bridgehead atoms. The van der Waals surface area contributed by atoms with Crippen molar-refractivity contribution in [3.05, 3.63) is 28.0 Å². The van der Waals surface area contributed by atoms with E-state index in [0.717, 1.165) is 22.9 Å². The van der Waals surface area contributed by atoms with Gasteiger partial charge in [-0.05, 0) is 27.7 Å². The van der Waals surface area contributed by atoms with Gasteiger partial charge in [0, 0.05) is 18.5 Å². The lowest BCUT2D eigenvalue weighted by Gasteiger charge is -2.17. The third kappa shape index (κ3) is 3.36. The first-order valence-corrected chi connectivity index (χ1v) is 6.86. The van der Waals surface area contributed by atoms with E-state index in [9.17, 15) is 0 Å². The lowest BCUT2D eigenvalue weighted by Crippen LogP contribution is -2.22. The Morgan fingerprint density at radius 3 is 2.56 bits per heavy atom. The normalized spacial score (nSPS) is 12.0. The van der Waals surface area contributed by atoms with E-state index >= 15 is 0 Å². The molecular weight excluding hydrogens is 246 g/mol. The first kappa shape index (κ1) is 13.2. The Balaban J connectivity index is 1.85. The maximum absolute atomic E-state index is 4.40. The van der Waals surface area contributed by atoms with E-state index in [0.29, 0.717) is 6.54 Å². The molecule has 0 fully saturated rings. The number of nitrogens with zero attached hydrogens (tertiary/aromatic N) is 4. The Hall–Kier alpha value is -1.27. The molecule has 2 heterocycles. The van der Waals surface area contributed by atoms with Crippen molar-refractivity contribution in [2.45, 2.75) is 46.3 Å². The molecule has 0 aliphatic carbocycles. The van der Waals surface area contributed by atoms with Crippen LogP contribution in [0.3, 0.4) is 0 Å². The molecule has 2 rings (SSSR count). The Bertz CT molecular complexity index is 509. The third-order valence-corrected chi connectivity index (χ3v) is 3.33. The van der Waals surface area contributed by atoms with Gasteiger partial charge in [-0.3, -0.25) is 0 Å². The van der Waals surface area contributed by atoms with Gasteiger partial charge in [0.05, 0.1) is 28.1 Å². The van der Waals surface area contributed by atoms with Crippen LogP contribution >= 0.6 is 11.3 Å². The second-order valence-corrected chi connectivity index (χ2v) is 6.35. The van der Waals surface area contributed by atoms with Crippen molar-refractivity contribution in [2.75, 3.05) is 0 Å². The number of nitrogens with one attached hydrogen (secondary N) is 1. The highest BCUT2D eigenvalue weighted by Gasteiger charge is 2.14. The smallest absolute Gasteiger partial charge is 0.0965 e. The predicted molar refractivity (Wildman–Crippen MR) is 72.4 cm³/mol. The van der Waals surface area contributed by atoms with Gasteiger partial charge in [-0.25, -0.2) is 9.67 Å². The molecule has 2 aromatic rings. The molecule has 0 aromatic carbocycles. The minimum atomic E-state index is -0.0166. The highest BCUT2D eigenvalue weighted by Crippen LogP contribution is 2.12. The van der Waals surface area contributed by atoms with Gasteiger partial charge >= 0.3 is 0 Å². The van der Waals surface area contributed by atoms with Crippen molar-refractivity contribution in [3.63, 3.8) is 0 Å². The molecule has 0 spiro atoms. The second kappa shape index (κ2) is 5.16. The van der Waals surface area contributed by atoms with E-state index in [-0.39, 0.29) is 5.54 Å². The van der Waals surface area contributed by atoms with Crippen molar-refractivity contribution in [3.8, 4) is 0 Å². The molecule has 0 amide bonds. The van der Waals surface area contributed by atoms with Gasteiger partial charge in [-0.15, -0.1) is 16.4 Å². The Labute approximate surface area is 111 Å². The first-order chi connectivity index (χ1) is 8.45. The molecule has 0 atom stereocenters. The molecule has 1 N–H and O–H groups in total. The lowest BCUT2D eigenvalue weighted by molar-refractivity contribution is 0.347. The van der Waals surface area contributed by atoms with Gasteiger partial charge in [0.15, 0.2) is 0 Å². The van der Waals surface area contributed by atoms with Crippen molar-refractivity contribution in [1.82, 2.24) is 25.3 Å². The summed E-state index contributed by atoms with van der Waals surface area (Å²) in [7, 11) is 0. The zero-order valence-corrected chi connectivity index (χ0v) is 12.1. The Morgan fingerprint density at radius 2 is 2.00 bits per heavy atom. The van der Waals surface area contributed by atoms with Gasteiger partial charge in [0.25, 0.3) is 0 Å². The average molecular weight is 265 g/mol. The summed E-state index contributed by atoms with van der Waals surface area (Å²) in [6.45, 7) is 9.83. The molecule has 0 aliphatic heterocycles. The van der Waals surface area contributed by atoms with Gasteiger partial charge in [0.1, 0.15) is 0 Å². The Morgan fingerprint density at radius 1 is 1.28 bits per heavy atom. The fourth-order valence-electron chi connectivity index (χ4n) is 1.52. The van der Waals surface area contributed by atoms with Crippen molar-refractivity contribution < 1.29 is 0 Å². The molecule has 6 heteroatoms. The second-order valence-electron chi connectivity index (χ2n) is 5.29. The van der Waals surface area contributed by atoms with Crippen LogP contribution in [0.15, 0.2) is 11.6 Å². The maximum atomic E-state index is 4.40. The van der Waals surface area contributed by atoms with E-state index in [1.54, 1.807) is 11.3 Å². The first-order valence-electron chi connectivity index (χ1n) is 5.98. The molecule has 2 aromatic heterocycles. The van der Waals surface area contributed by atoms with Crippen LogP contribution in [-0.4, -0.2) is 20.0 Å². The summed E-state index contributed by atoms with van der Waals surface area (Å²) in [6, 6.07) is 0. The van der Waals surface area contributed by atoms with Crippen LogP contribution in [-0.2, 0) is 18.6 Å². The number of hydrogen-bond donors (Lipinski definition) is 1. The van der Waals surface area contributed by atoms with Gasteiger partial charge in [-0.2, -0.15) is 0 Å². The SMILES string of the molecule is Cc1nc(CNCc2cn(C(C)(C)C)nn2)cs1.